The first-order chi connectivity index (χ1) is 11.5. The lowest BCUT2D eigenvalue weighted by Gasteiger charge is -2.25. The van der Waals surface area contributed by atoms with E-state index in [1.807, 2.05) is 61.5 Å². The molecule has 0 aliphatic carbocycles. The Morgan fingerprint density at radius 1 is 0.958 bits per heavy atom. The lowest BCUT2D eigenvalue weighted by atomic mass is 10.2. The van der Waals surface area contributed by atoms with Crippen LogP contribution in [0, 0.1) is 0 Å². The summed E-state index contributed by atoms with van der Waals surface area (Å²) in [4.78, 5) is 27.9. The summed E-state index contributed by atoms with van der Waals surface area (Å²) in [5, 5.41) is 0. The Kier molecular flexibility index (Phi) is 6.55. The molecule has 2 rings (SSSR count). The number of anilines is 2. The van der Waals surface area contributed by atoms with Crippen LogP contribution in [-0.4, -0.2) is 24.9 Å². The third-order valence-electron chi connectivity index (χ3n) is 3.73. The lowest BCUT2D eigenvalue weighted by molar-refractivity contribution is -0.118. The van der Waals surface area contributed by atoms with Crippen LogP contribution in [-0.2, 0) is 9.59 Å². The molecule has 0 radical (unpaired) electrons. The van der Waals surface area contributed by atoms with E-state index in [1.54, 1.807) is 9.80 Å². The molecule has 0 fully saturated rings. The summed E-state index contributed by atoms with van der Waals surface area (Å²) >= 11 is 3.41. The molecule has 0 aliphatic heterocycles. The first-order valence-corrected chi connectivity index (χ1v) is 8.71. The molecule has 0 saturated heterocycles. The van der Waals surface area contributed by atoms with Crippen molar-refractivity contribution in [2.75, 3.05) is 22.9 Å². The Morgan fingerprint density at radius 2 is 1.62 bits per heavy atom. The Morgan fingerprint density at radius 3 is 2.21 bits per heavy atom. The number of nitrogens with zero attached hydrogens (tertiary/aromatic N) is 2. The van der Waals surface area contributed by atoms with E-state index < -0.39 is 0 Å². The molecule has 4 nitrogen and oxygen atoms in total. The predicted octanol–water partition coefficient (Wildman–Crippen LogP) is 4.25. The molecule has 0 unspecified atom stereocenters. The molecule has 0 heterocycles. The highest BCUT2D eigenvalue weighted by atomic mass is 79.9. The quantitative estimate of drug-likeness (QED) is 0.741. The number of benzene rings is 2. The second-order valence-electron chi connectivity index (χ2n) is 5.37. The summed E-state index contributed by atoms with van der Waals surface area (Å²) in [7, 11) is 0. The smallest absolute Gasteiger partial charge is 0.228 e. The maximum atomic E-state index is 12.6. The summed E-state index contributed by atoms with van der Waals surface area (Å²) < 4.78 is 0.900. The molecule has 2 amide bonds. The fourth-order valence-electron chi connectivity index (χ4n) is 2.57. The van der Waals surface area contributed by atoms with Crippen LogP contribution in [0.5, 0.6) is 0 Å². The maximum Gasteiger partial charge on any atom is 0.228 e. The van der Waals surface area contributed by atoms with E-state index in [-0.39, 0.29) is 18.2 Å². The number of amides is 2. The van der Waals surface area contributed by atoms with Gasteiger partial charge in [0, 0.05) is 42.3 Å². The normalized spacial score (nSPS) is 10.3. The molecule has 0 atom stereocenters. The third kappa shape index (κ3) is 4.68. The molecule has 0 N–H and O–H groups in total. The molecule has 0 aliphatic rings. The molecule has 126 valence electrons. The van der Waals surface area contributed by atoms with E-state index >= 15 is 0 Å². The Balaban J connectivity index is 2.08. The topological polar surface area (TPSA) is 40.6 Å². The van der Waals surface area contributed by atoms with Crippen molar-refractivity contribution in [2.24, 2.45) is 0 Å². The van der Waals surface area contributed by atoms with Crippen molar-refractivity contribution in [3.05, 3.63) is 59.1 Å². The van der Waals surface area contributed by atoms with Gasteiger partial charge in [0.1, 0.15) is 0 Å². The summed E-state index contributed by atoms with van der Waals surface area (Å²) in [6.45, 7) is 4.41. The van der Waals surface area contributed by atoms with E-state index in [9.17, 15) is 9.59 Å². The van der Waals surface area contributed by atoms with Gasteiger partial charge in [-0.2, -0.15) is 0 Å². The van der Waals surface area contributed by atoms with Crippen LogP contribution >= 0.6 is 15.9 Å². The Labute approximate surface area is 151 Å². The first kappa shape index (κ1) is 18.2. The number of carbonyl (C=O) groups is 2. The van der Waals surface area contributed by atoms with Crippen LogP contribution in [0.2, 0.25) is 0 Å². The van der Waals surface area contributed by atoms with Crippen molar-refractivity contribution in [1.29, 1.82) is 0 Å². The zero-order valence-electron chi connectivity index (χ0n) is 13.9. The van der Waals surface area contributed by atoms with Crippen molar-refractivity contribution >= 4 is 39.1 Å². The van der Waals surface area contributed by atoms with Crippen molar-refractivity contribution in [2.45, 2.75) is 20.3 Å². The van der Waals surface area contributed by atoms with Gasteiger partial charge >= 0.3 is 0 Å². The molecule has 0 spiro atoms. The van der Waals surface area contributed by atoms with Crippen molar-refractivity contribution in [3.63, 3.8) is 0 Å². The van der Waals surface area contributed by atoms with Gasteiger partial charge in [-0.25, -0.2) is 0 Å². The van der Waals surface area contributed by atoms with Crippen molar-refractivity contribution < 1.29 is 9.59 Å². The molecular formula is C19H21BrN2O2. The highest BCUT2D eigenvalue weighted by Gasteiger charge is 2.17. The zero-order chi connectivity index (χ0) is 17.5. The van der Waals surface area contributed by atoms with Crippen LogP contribution in [0.4, 0.5) is 11.4 Å². The average molecular weight is 389 g/mol. The summed E-state index contributed by atoms with van der Waals surface area (Å²) in [6, 6.07) is 17.1. The van der Waals surface area contributed by atoms with Crippen LogP contribution in [0.1, 0.15) is 20.3 Å². The van der Waals surface area contributed by atoms with Crippen LogP contribution in [0.15, 0.2) is 59.1 Å². The van der Waals surface area contributed by atoms with Gasteiger partial charge in [0.05, 0.1) is 0 Å². The molecule has 5 heteroatoms. The zero-order valence-corrected chi connectivity index (χ0v) is 15.5. The second-order valence-corrected chi connectivity index (χ2v) is 6.29. The number of hydrogen-bond donors (Lipinski definition) is 0. The molecule has 0 aromatic heterocycles. The molecule has 2 aromatic carbocycles. The van der Waals surface area contributed by atoms with Crippen LogP contribution < -0.4 is 9.80 Å². The van der Waals surface area contributed by atoms with Crippen molar-refractivity contribution in [1.82, 2.24) is 0 Å². The lowest BCUT2D eigenvalue weighted by Crippen LogP contribution is -2.36. The molecule has 2 aromatic rings. The number of halogens is 1. The number of rotatable bonds is 6. The van der Waals surface area contributed by atoms with E-state index in [0.29, 0.717) is 13.1 Å². The minimum atomic E-state index is -0.0799. The average Bonchev–Trinajstić information content (AvgIpc) is 2.56. The summed E-state index contributed by atoms with van der Waals surface area (Å²) in [5.41, 5.74) is 1.66. The van der Waals surface area contributed by atoms with E-state index in [2.05, 4.69) is 15.9 Å². The Hall–Kier alpha value is -2.14. The monoisotopic (exact) mass is 388 g/mol. The molecular weight excluding hydrogens is 368 g/mol. The standard InChI is InChI=1S/C19H21BrN2O2/c1-3-21(17-9-5-4-6-10-17)19(24)12-13-22(15(2)23)18-11-7-8-16(20)14-18/h4-11,14H,3,12-13H2,1-2H3. The van der Waals surface area contributed by atoms with Gasteiger partial charge in [-0.1, -0.05) is 40.2 Å². The minimum Gasteiger partial charge on any atom is -0.313 e. The van der Waals surface area contributed by atoms with Gasteiger partial charge in [0.15, 0.2) is 0 Å². The Bertz CT molecular complexity index is 704. The maximum absolute atomic E-state index is 12.6. The molecule has 24 heavy (non-hydrogen) atoms. The van der Waals surface area contributed by atoms with Gasteiger partial charge in [0.2, 0.25) is 11.8 Å². The highest BCUT2D eigenvalue weighted by Crippen LogP contribution is 2.21. The highest BCUT2D eigenvalue weighted by molar-refractivity contribution is 9.10. The first-order valence-electron chi connectivity index (χ1n) is 7.92. The summed E-state index contributed by atoms with van der Waals surface area (Å²) in [5.74, 6) is -0.0754. The fraction of sp³-hybridized carbons (Fsp3) is 0.263. The number of hydrogen-bond acceptors (Lipinski definition) is 2. The van der Waals surface area contributed by atoms with Gasteiger partial charge in [-0.15, -0.1) is 0 Å². The number of para-hydroxylation sites is 1. The molecule has 0 saturated carbocycles. The predicted molar refractivity (Wildman–Crippen MR) is 101 cm³/mol. The SMILES string of the molecule is CCN(C(=O)CCN(C(C)=O)c1cccc(Br)c1)c1ccccc1. The van der Waals surface area contributed by atoms with Gasteiger partial charge in [-0.3, -0.25) is 9.59 Å². The van der Waals surface area contributed by atoms with Crippen molar-refractivity contribution in [3.8, 4) is 0 Å². The molecule has 0 bridgehead atoms. The largest absolute Gasteiger partial charge is 0.313 e. The van der Waals surface area contributed by atoms with Crippen LogP contribution in [0.3, 0.4) is 0 Å². The third-order valence-corrected chi connectivity index (χ3v) is 4.23. The van der Waals surface area contributed by atoms with Crippen LogP contribution in [0.25, 0.3) is 0 Å². The van der Waals surface area contributed by atoms with E-state index in [1.165, 1.54) is 6.92 Å². The fourth-order valence-corrected chi connectivity index (χ4v) is 2.95. The summed E-state index contributed by atoms with van der Waals surface area (Å²) in [6.07, 6.45) is 0.273. The second kappa shape index (κ2) is 8.64. The minimum absolute atomic E-state index is 0.00458. The number of carbonyl (C=O) groups excluding carboxylic acids is 2. The van der Waals surface area contributed by atoms with Gasteiger partial charge in [0.25, 0.3) is 0 Å². The van der Waals surface area contributed by atoms with Gasteiger partial charge < -0.3 is 9.80 Å². The van der Waals surface area contributed by atoms with Gasteiger partial charge in [-0.05, 0) is 37.3 Å². The van der Waals surface area contributed by atoms with E-state index in [4.69, 9.17) is 0 Å². The van der Waals surface area contributed by atoms with E-state index in [0.717, 1.165) is 15.8 Å².